The smallest absolute Gasteiger partial charge is 0.412 e. The van der Waals surface area contributed by atoms with Gasteiger partial charge in [-0.1, -0.05) is 6.07 Å². The van der Waals surface area contributed by atoms with Crippen LogP contribution in [0.25, 0.3) is 0 Å². The first kappa shape index (κ1) is 19.7. The molecule has 6 nitrogen and oxygen atoms in total. The first-order valence-electron chi connectivity index (χ1n) is 9.92. The van der Waals surface area contributed by atoms with Crippen LogP contribution in [0.3, 0.4) is 0 Å². The van der Waals surface area contributed by atoms with Gasteiger partial charge >= 0.3 is 12.1 Å². The molecule has 148 valence electrons. The highest BCUT2D eigenvalue weighted by Crippen LogP contribution is 2.38. The maximum Gasteiger partial charge on any atom is 0.412 e. The molecule has 3 rings (SSSR count). The Morgan fingerprint density at radius 1 is 1.07 bits per heavy atom. The molecule has 2 aliphatic carbocycles. The number of esters is 1. The molecule has 1 amide bonds. The Morgan fingerprint density at radius 2 is 1.70 bits per heavy atom. The van der Waals surface area contributed by atoms with Gasteiger partial charge in [0.2, 0.25) is 6.10 Å². The van der Waals surface area contributed by atoms with Crippen molar-refractivity contribution in [3.05, 3.63) is 28.3 Å². The number of ether oxygens (including phenoxy) is 3. The van der Waals surface area contributed by atoms with E-state index in [4.69, 9.17) is 14.2 Å². The molecule has 1 atom stereocenters. The maximum absolute atomic E-state index is 12.6. The van der Waals surface area contributed by atoms with Crippen molar-refractivity contribution in [2.24, 2.45) is 0 Å². The second-order valence-electron chi connectivity index (χ2n) is 7.39. The lowest BCUT2D eigenvalue weighted by Crippen LogP contribution is -2.36. The molecule has 0 heterocycles. The molecule has 0 radical (unpaired) electrons. The van der Waals surface area contributed by atoms with Crippen LogP contribution in [0.1, 0.15) is 55.9 Å². The Hall–Kier alpha value is -2.08. The summed E-state index contributed by atoms with van der Waals surface area (Å²) in [6, 6.07) is 2.30. The lowest BCUT2D eigenvalue weighted by molar-refractivity contribution is -0.156. The van der Waals surface area contributed by atoms with Gasteiger partial charge in [0.05, 0.1) is 25.0 Å². The average Bonchev–Trinajstić information content (AvgIpc) is 3.27. The van der Waals surface area contributed by atoms with Crippen molar-refractivity contribution >= 4 is 17.7 Å². The molecular weight excluding hydrogens is 346 g/mol. The van der Waals surface area contributed by atoms with Crippen LogP contribution in [0.15, 0.2) is 6.07 Å². The number of fused-ring (bicyclic) bond motifs is 2. The Labute approximate surface area is 160 Å². The number of anilines is 1. The molecule has 1 aromatic carbocycles. The summed E-state index contributed by atoms with van der Waals surface area (Å²) in [6.07, 6.45) is 4.48. The number of hydrogen-bond acceptors (Lipinski definition) is 5. The number of benzene rings is 1. The Kier molecular flexibility index (Phi) is 6.37. The summed E-state index contributed by atoms with van der Waals surface area (Å²) in [5.74, 6) is -0.586. The van der Waals surface area contributed by atoms with E-state index < -0.39 is 18.2 Å². The van der Waals surface area contributed by atoms with E-state index in [-0.39, 0.29) is 19.3 Å². The number of nitrogens with one attached hydrogen (secondary N) is 1. The van der Waals surface area contributed by atoms with E-state index >= 15 is 0 Å². The second-order valence-corrected chi connectivity index (χ2v) is 7.39. The van der Waals surface area contributed by atoms with E-state index in [0.29, 0.717) is 0 Å². The van der Waals surface area contributed by atoms with Crippen molar-refractivity contribution < 1.29 is 23.8 Å². The molecule has 0 bridgehead atoms. The molecule has 0 fully saturated rings. The first-order chi connectivity index (χ1) is 13.0. The maximum atomic E-state index is 12.6. The molecule has 1 aromatic rings. The molecule has 1 unspecified atom stereocenters. The van der Waals surface area contributed by atoms with Gasteiger partial charge in [0.25, 0.3) is 0 Å². The van der Waals surface area contributed by atoms with E-state index in [9.17, 15) is 9.59 Å². The molecule has 27 heavy (non-hydrogen) atoms. The number of carbonyl (C=O) groups is 2. The van der Waals surface area contributed by atoms with Gasteiger partial charge in [0.1, 0.15) is 0 Å². The van der Waals surface area contributed by atoms with Gasteiger partial charge in [-0.05, 0) is 81.5 Å². The van der Waals surface area contributed by atoms with Crippen LogP contribution >= 0.6 is 0 Å². The van der Waals surface area contributed by atoms with Gasteiger partial charge in [-0.2, -0.15) is 0 Å². The monoisotopic (exact) mass is 375 g/mol. The molecule has 0 saturated heterocycles. The molecule has 0 spiro atoms. The molecule has 2 aliphatic rings. The quantitative estimate of drug-likeness (QED) is 0.738. The highest BCUT2D eigenvalue weighted by Gasteiger charge is 2.28. The van der Waals surface area contributed by atoms with E-state index in [1.807, 2.05) is 13.8 Å². The number of carbonyl (C=O) groups excluding carboxylic acids is 2. The lowest BCUT2D eigenvalue weighted by atomic mass is 9.99. The SMILES string of the molecule is CCOC(=O)C(COC(C)C)OC(=O)Nc1c2c(cc3c1CCC3)CCC2. The number of hydrogen-bond donors (Lipinski definition) is 1. The molecule has 1 N–H and O–H groups in total. The van der Waals surface area contributed by atoms with Gasteiger partial charge in [0, 0.05) is 0 Å². The van der Waals surface area contributed by atoms with Crippen molar-refractivity contribution in [3.63, 3.8) is 0 Å². The third-order valence-corrected chi connectivity index (χ3v) is 5.08. The van der Waals surface area contributed by atoms with Crippen LogP contribution in [0, 0.1) is 0 Å². The summed E-state index contributed by atoms with van der Waals surface area (Å²) in [5, 5.41) is 2.93. The fraction of sp³-hybridized carbons (Fsp3) is 0.619. The fourth-order valence-electron chi connectivity index (χ4n) is 3.89. The number of amides is 1. The van der Waals surface area contributed by atoms with E-state index in [1.165, 1.54) is 22.3 Å². The molecular formula is C21H29NO5. The third-order valence-electron chi connectivity index (χ3n) is 5.08. The summed E-state index contributed by atoms with van der Waals surface area (Å²) < 4.78 is 15.9. The highest BCUT2D eigenvalue weighted by atomic mass is 16.6. The minimum Gasteiger partial charge on any atom is -0.463 e. The van der Waals surface area contributed by atoms with Gasteiger partial charge in [0.15, 0.2) is 0 Å². The van der Waals surface area contributed by atoms with Crippen molar-refractivity contribution in [1.82, 2.24) is 0 Å². The lowest BCUT2D eigenvalue weighted by Gasteiger charge is -2.20. The number of aryl methyl sites for hydroxylation is 2. The number of rotatable bonds is 7. The second kappa shape index (κ2) is 8.74. The van der Waals surface area contributed by atoms with E-state index in [0.717, 1.165) is 44.2 Å². The molecule has 0 aromatic heterocycles. The largest absolute Gasteiger partial charge is 0.463 e. The van der Waals surface area contributed by atoms with Crippen LogP contribution in [0.2, 0.25) is 0 Å². The van der Waals surface area contributed by atoms with E-state index in [1.54, 1.807) is 6.92 Å². The zero-order chi connectivity index (χ0) is 19.4. The van der Waals surface area contributed by atoms with Crippen molar-refractivity contribution in [2.45, 2.75) is 71.5 Å². The molecule has 0 aliphatic heterocycles. The minimum absolute atomic E-state index is 0.0189. The van der Waals surface area contributed by atoms with Crippen molar-refractivity contribution in [1.29, 1.82) is 0 Å². The predicted octanol–water partition coefficient (Wildman–Crippen LogP) is 3.57. The zero-order valence-electron chi connectivity index (χ0n) is 16.4. The van der Waals surface area contributed by atoms with Crippen molar-refractivity contribution in [3.8, 4) is 0 Å². The molecule has 0 saturated carbocycles. The minimum atomic E-state index is -1.07. The fourth-order valence-corrected chi connectivity index (χ4v) is 3.89. The van der Waals surface area contributed by atoms with Crippen LogP contribution in [-0.2, 0) is 44.7 Å². The van der Waals surface area contributed by atoms with Crippen LogP contribution < -0.4 is 5.32 Å². The molecule has 6 heteroatoms. The van der Waals surface area contributed by atoms with Crippen molar-refractivity contribution in [2.75, 3.05) is 18.5 Å². The van der Waals surface area contributed by atoms with Crippen LogP contribution in [0.4, 0.5) is 10.5 Å². The zero-order valence-corrected chi connectivity index (χ0v) is 16.4. The summed E-state index contributed by atoms with van der Waals surface area (Å²) in [4.78, 5) is 24.7. The predicted molar refractivity (Wildman–Crippen MR) is 102 cm³/mol. The first-order valence-corrected chi connectivity index (χ1v) is 9.92. The van der Waals surface area contributed by atoms with Gasteiger partial charge in [-0.15, -0.1) is 0 Å². The van der Waals surface area contributed by atoms with Gasteiger partial charge < -0.3 is 14.2 Å². The summed E-state index contributed by atoms with van der Waals surface area (Å²) in [7, 11) is 0. The summed E-state index contributed by atoms with van der Waals surface area (Å²) >= 11 is 0. The van der Waals surface area contributed by atoms with Gasteiger partial charge in [-0.25, -0.2) is 9.59 Å². The summed E-state index contributed by atoms with van der Waals surface area (Å²) in [5.41, 5.74) is 6.00. The third kappa shape index (κ3) is 4.61. The highest BCUT2D eigenvalue weighted by molar-refractivity contribution is 5.90. The van der Waals surface area contributed by atoms with Gasteiger partial charge in [-0.3, -0.25) is 5.32 Å². The topological polar surface area (TPSA) is 73.9 Å². The van der Waals surface area contributed by atoms with E-state index in [2.05, 4.69) is 11.4 Å². The normalized spacial score (nSPS) is 16.0. The standard InChI is InChI=1S/C21H29NO5/c1-4-25-20(23)18(12-26-13(2)3)27-21(24)22-19-16-9-5-7-14(16)11-15-8-6-10-17(15)19/h11,13,18H,4-10,12H2,1-3H3,(H,22,24). The Bertz CT molecular complexity index is 681. The van der Waals surface area contributed by atoms with Crippen LogP contribution in [-0.4, -0.2) is 37.5 Å². The van der Waals surface area contributed by atoms with Crippen LogP contribution in [0.5, 0.6) is 0 Å². The Morgan fingerprint density at radius 3 is 2.26 bits per heavy atom. The Balaban J connectivity index is 1.73. The average molecular weight is 375 g/mol. The summed E-state index contributed by atoms with van der Waals surface area (Å²) in [6.45, 7) is 5.64.